The third-order valence-corrected chi connectivity index (χ3v) is 3.61. The van der Waals surface area contributed by atoms with Gasteiger partial charge in [0.1, 0.15) is 0 Å². The Bertz CT molecular complexity index is 465. The SMILES string of the molecule is CNc1ccc(C(=O)NC2(C)CCCOC2)c(C)c1. The number of nitrogens with one attached hydrogen (secondary N) is 2. The Morgan fingerprint density at radius 3 is 2.79 bits per heavy atom. The van der Waals surface area contributed by atoms with E-state index >= 15 is 0 Å². The molecule has 1 aromatic rings. The van der Waals surface area contributed by atoms with Gasteiger partial charge in [-0.15, -0.1) is 0 Å². The maximum absolute atomic E-state index is 12.4. The molecular weight excluding hydrogens is 240 g/mol. The molecule has 1 aromatic carbocycles. The van der Waals surface area contributed by atoms with Crippen LogP contribution >= 0.6 is 0 Å². The van der Waals surface area contributed by atoms with Crippen LogP contribution in [0.15, 0.2) is 18.2 Å². The lowest BCUT2D eigenvalue weighted by Crippen LogP contribution is -2.51. The van der Waals surface area contributed by atoms with E-state index in [4.69, 9.17) is 4.74 Å². The van der Waals surface area contributed by atoms with E-state index in [0.29, 0.717) is 6.61 Å². The molecular formula is C15H22N2O2. The molecule has 0 aliphatic carbocycles. The van der Waals surface area contributed by atoms with Gasteiger partial charge in [-0.1, -0.05) is 0 Å². The number of aryl methyl sites for hydroxylation is 1. The second kappa shape index (κ2) is 5.61. The first kappa shape index (κ1) is 13.9. The average Bonchev–Trinajstić information content (AvgIpc) is 2.38. The van der Waals surface area contributed by atoms with Gasteiger partial charge in [0.05, 0.1) is 12.1 Å². The number of anilines is 1. The van der Waals surface area contributed by atoms with Crippen molar-refractivity contribution in [2.75, 3.05) is 25.6 Å². The van der Waals surface area contributed by atoms with Gasteiger partial charge in [0.15, 0.2) is 0 Å². The molecule has 1 aliphatic rings. The van der Waals surface area contributed by atoms with Crippen LogP contribution in [-0.2, 0) is 4.74 Å². The van der Waals surface area contributed by atoms with Crippen LogP contribution in [0, 0.1) is 6.92 Å². The van der Waals surface area contributed by atoms with Crippen LogP contribution in [0.1, 0.15) is 35.7 Å². The highest BCUT2D eigenvalue weighted by molar-refractivity contribution is 5.96. The fraction of sp³-hybridized carbons (Fsp3) is 0.533. The van der Waals surface area contributed by atoms with E-state index in [9.17, 15) is 4.79 Å². The van der Waals surface area contributed by atoms with Gasteiger partial charge in [0.2, 0.25) is 0 Å². The van der Waals surface area contributed by atoms with Crippen LogP contribution in [0.4, 0.5) is 5.69 Å². The summed E-state index contributed by atoms with van der Waals surface area (Å²) in [7, 11) is 1.87. The highest BCUT2D eigenvalue weighted by atomic mass is 16.5. The van der Waals surface area contributed by atoms with Crippen molar-refractivity contribution in [3.63, 3.8) is 0 Å². The van der Waals surface area contributed by atoms with Crippen LogP contribution in [0.2, 0.25) is 0 Å². The van der Waals surface area contributed by atoms with Gasteiger partial charge in [0.25, 0.3) is 5.91 Å². The molecule has 0 saturated carbocycles. The van der Waals surface area contributed by atoms with E-state index in [-0.39, 0.29) is 11.4 Å². The van der Waals surface area contributed by atoms with E-state index in [0.717, 1.165) is 36.3 Å². The predicted molar refractivity (Wildman–Crippen MR) is 76.6 cm³/mol. The zero-order valence-electron chi connectivity index (χ0n) is 11.9. The minimum Gasteiger partial charge on any atom is -0.388 e. The first-order chi connectivity index (χ1) is 9.04. The van der Waals surface area contributed by atoms with Crippen molar-refractivity contribution in [1.82, 2.24) is 5.32 Å². The molecule has 0 aromatic heterocycles. The Morgan fingerprint density at radius 1 is 1.42 bits per heavy atom. The molecule has 1 saturated heterocycles. The third-order valence-electron chi connectivity index (χ3n) is 3.61. The van der Waals surface area contributed by atoms with Crippen LogP contribution in [0.3, 0.4) is 0 Å². The van der Waals surface area contributed by atoms with Crippen LogP contribution in [-0.4, -0.2) is 31.7 Å². The van der Waals surface area contributed by atoms with Gasteiger partial charge in [-0.2, -0.15) is 0 Å². The van der Waals surface area contributed by atoms with Gasteiger partial charge >= 0.3 is 0 Å². The molecule has 104 valence electrons. The molecule has 0 radical (unpaired) electrons. The van der Waals surface area contributed by atoms with Crippen molar-refractivity contribution >= 4 is 11.6 Å². The molecule has 4 heteroatoms. The molecule has 1 amide bonds. The number of carbonyl (C=O) groups is 1. The van der Waals surface area contributed by atoms with Gasteiger partial charge < -0.3 is 15.4 Å². The largest absolute Gasteiger partial charge is 0.388 e. The van der Waals surface area contributed by atoms with Crippen molar-refractivity contribution in [2.24, 2.45) is 0 Å². The average molecular weight is 262 g/mol. The fourth-order valence-corrected chi connectivity index (χ4v) is 2.45. The topological polar surface area (TPSA) is 50.4 Å². The van der Waals surface area contributed by atoms with E-state index in [2.05, 4.69) is 10.6 Å². The van der Waals surface area contributed by atoms with Crippen LogP contribution in [0.25, 0.3) is 0 Å². The summed E-state index contributed by atoms with van der Waals surface area (Å²) in [5, 5.41) is 6.18. The van der Waals surface area contributed by atoms with Crippen molar-refractivity contribution in [1.29, 1.82) is 0 Å². The number of rotatable bonds is 3. The maximum atomic E-state index is 12.4. The van der Waals surface area contributed by atoms with Crippen molar-refractivity contribution < 1.29 is 9.53 Å². The summed E-state index contributed by atoms with van der Waals surface area (Å²) >= 11 is 0. The Balaban J connectivity index is 2.11. The third kappa shape index (κ3) is 3.26. The highest BCUT2D eigenvalue weighted by Crippen LogP contribution is 2.20. The molecule has 2 N–H and O–H groups in total. The second-order valence-electron chi connectivity index (χ2n) is 5.45. The number of hydrogen-bond acceptors (Lipinski definition) is 3. The van der Waals surface area contributed by atoms with Crippen LogP contribution in [0.5, 0.6) is 0 Å². The first-order valence-corrected chi connectivity index (χ1v) is 6.73. The Hall–Kier alpha value is -1.55. The van der Waals surface area contributed by atoms with E-state index in [1.165, 1.54) is 0 Å². The quantitative estimate of drug-likeness (QED) is 0.879. The van der Waals surface area contributed by atoms with Crippen molar-refractivity contribution in [2.45, 2.75) is 32.2 Å². The molecule has 1 atom stereocenters. The van der Waals surface area contributed by atoms with Crippen molar-refractivity contribution in [3.8, 4) is 0 Å². The summed E-state index contributed by atoms with van der Waals surface area (Å²) in [6.07, 6.45) is 1.96. The Labute approximate surface area is 114 Å². The number of amides is 1. The smallest absolute Gasteiger partial charge is 0.252 e. The minimum absolute atomic E-state index is 0.0202. The molecule has 1 unspecified atom stereocenters. The van der Waals surface area contributed by atoms with Gasteiger partial charge in [-0.3, -0.25) is 4.79 Å². The van der Waals surface area contributed by atoms with Gasteiger partial charge in [0, 0.05) is 24.9 Å². The molecule has 4 nitrogen and oxygen atoms in total. The summed E-state index contributed by atoms with van der Waals surface area (Å²) in [5.74, 6) is -0.0202. The Morgan fingerprint density at radius 2 is 2.21 bits per heavy atom. The second-order valence-corrected chi connectivity index (χ2v) is 5.45. The normalized spacial score (nSPS) is 22.9. The summed E-state index contributed by atoms with van der Waals surface area (Å²) in [5.41, 5.74) is 2.47. The molecule has 1 fully saturated rings. The Kier molecular flexibility index (Phi) is 4.10. The molecule has 0 spiro atoms. The minimum atomic E-state index is -0.247. The zero-order chi connectivity index (χ0) is 13.9. The molecule has 1 aliphatic heterocycles. The summed E-state index contributed by atoms with van der Waals surface area (Å²) in [6.45, 7) is 5.38. The van der Waals surface area contributed by atoms with E-state index in [1.54, 1.807) is 0 Å². The monoisotopic (exact) mass is 262 g/mol. The van der Waals surface area contributed by atoms with E-state index < -0.39 is 0 Å². The van der Waals surface area contributed by atoms with E-state index in [1.807, 2.05) is 39.1 Å². The predicted octanol–water partition coefficient (Wildman–Crippen LogP) is 2.34. The number of hydrogen-bond donors (Lipinski definition) is 2. The molecule has 19 heavy (non-hydrogen) atoms. The van der Waals surface area contributed by atoms with Crippen LogP contribution < -0.4 is 10.6 Å². The van der Waals surface area contributed by atoms with Gasteiger partial charge in [-0.05, 0) is 50.5 Å². The molecule has 1 heterocycles. The van der Waals surface area contributed by atoms with Crippen molar-refractivity contribution in [3.05, 3.63) is 29.3 Å². The summed E-state index contributed by atoms with van der Waals surface area (Å²) in [6, 6.07) is 5.76. The lowest BCUT2D eigenvalue weighted by atomic mass is 9.94. The number of carbonyl (C=O) groups excluding carboxylic acids is 1. The molecule has 0 bridgehead atoms. The first-order valence-electron chi connectivity index (χ1n) is 6.73. The zero-order valence-corrected chi connectivity index (χ0v) is 11.9. The summed E-state index contributed by atoms with van der Waals surface area (Å²) in [4.78, 5) is 12.4. The lowest BCUT2D eigenvalue weighted by molar-refractivity contribution is 0.0272. The standard InChI is InChI=1S/C15H22N2O2/c1-11-9-12(16-3)5-6-13(11)14(18)17-15(2)7-4-8-19-10-15/h5-6,9,16H,4,7-8,10H2,1-3H3,(H,17,18). The molecule has 2 rings (SSSR count). The number of benzene rings is 1. The fourth-order valence-electron chi connectivity index (χ4n) is 2.45. The number of ether oxygens (including phenoxy) is 1. The summed E-state index contributed by atoms with van der Waals surface area (Å²) < 4.78 is 5.46. The lowest BCUT2D eigenvalue weighted by Gasteiger charge is -2.34. The maximum Gasteiger partial charge on any atom is 0.252 e. The van der Waals surface area contributed by atoms with Gasteiger partial charge in [-0.25, -0.2) is 0 Å². The highest BCUT2D eigenvalue weighted by Gasteiger charge is 2.29.